The van der Waals surface area contributed by atoms with Gasteiger partial charge in [0.1, 0.15) is 0 Å². The van der Waals surface area contributed by atoms with Crippen molar-refractivity contribution in [3.8, 4) is 0 Å². The summed E-state index contributed by atoms with van der Waals surface area (Å²) in [4.78, 5) is 12.5. The monoisotopic (exact) mass is 308 g/mol. The van der Waals surface area contributed by atoms with Gasteiger partial charge in [-0.25, -0.2) is 0 Å². The van der Waals surface area contributed by atoms with Crippen molar-refractivity contribution in [2.75, 3.05) is 0 Å². The molecule has 0 aliphatic heterocycles. The molecular formula is C18H32N2O2. The van der Waals surface area contributed by atoms with Crippen LogP contribution in [0.3, 0.4) is 0 Å². The van der Waals surface area contributed by atoms with Crippen LogP contribution in [0.2, 0.25) is 0 Å². The third-order valence-electron chi connectivity index (χ3n) is 4.47. The van der Waals surface area contributed by atoms with E-state index in [1.807, 2.05) is 0 Å². The molecule has 0 unspecified atom stereocenters. The Kier molecular flexibility index (Phi) is 8.21. The lowest BCUT2D eigenvalue weighted by Crippen LogP contribution is -2.32. The maximum Gasteiger partial charge on any atom is 0.258 e. The van der Waals surface area contributed by atoms with E-state index in [0.717, 1.165) is 34.8 Å². The predicted molar refractivity (Wildman–Crippen MR) is 91.7 cm³/mol. The van der Waals surface area contributed by atoms with Gasteiger partial charge < -0.3 is 9.94 Å². The van der Waals surface area contributed by atoms with Crippen LogP contribution in [0, 0.1) is 24.0 Å². The van der Waals surface area contributed by atoms with Gasteiger partial charge in [0, 0.05) is 18.3 Å². The highest BCUT2D eigenvalue weighted by Crippen LogP contribution is 2.15. The molecule has 1 aromatic rings. The minimum absolute atomic E-state index is 0.586. The van der Waals surface area contributed by atoms with E-state index in [4.69, 9.17) is 0 Å². The van der Waals surface area contributed by atoms with Crippen molar-refractivity contribution in [2.45, 2.75) is 91.9 Å². The molecule has 0 saturated carbocycles. The van der Waals surface area contributed by atoms with Crippen LogP contribution in [0.25, 0.3) is 0 Å². The summed E-state index contributed by atoms with van der Waals surface area (Å²) in [6, 6.07) is 0. The Balaban J connectivity index is 2.88. The van der Waals surface area contributed by atoms with E-state index in [-0.39, 0.29) is 0 Å². The SMILES string of the molecule is CCCCCCc1c(C)[n+](=O)c(CCCCCC)c(C)n1[O-]. The van der Waals surface area contributed by atoms with Gasteiger partial charge >= 0.3 is 0 Å². The maximum absolute atomic E-state index is 12.5. The molecule has 126 valence electrons. The molecule has 4 nitrogen and oxygen atoms in total. The summed E-state index contributed by atoms with van der Waals surface area (Å²) in [7, 11) is 0. The third-order valence-corrected chi connectivity index (χ3v) is 4.47. The third kappa shape index (κ3) is 4.85. The molecule has 1 rings (SSSR count). The first-order chi connectivity index (χ1) is 10.5. The van der Waals surface area contributed by atoms with E-state index in [9.17, 15) is 10.1 Å². The molecule has 4 heteroatoms. The van der Waals surface area contributed by atoms with Crippen LogP contribution in [0.15, 0.2) is 0 Å². The molecule has 0 N–H and O–H groups in total. The first-order valence-electron chi connectivity index (χ1n) is 8.88. The zero-order chi connectivity index (χ0) is 16.5. The van der Waals surface area contributed by atoms with E-state index in [0.29, 0.717) is 35.6 Å². The van der Waals surface area contributed by atoms with Gasteiger partial charge in [-0.3, -0.25) is 0 Å². The molecule has 0 aromatic carbocycles. The molecule has 1 aromatic heterocycles. The van der Waals surface area contributed by atoms with Crippen LogP contribution >= 0.6 is 0 Å². The number of nitrogens with zero attached hydrogens (tertiary/aromatic N) is 2. The summed E-state index contributed by atoms with van der Waals surface area (Å²) in [5.41, 5.74) is 2.48. The molecule has 0 atom stereocenters. The van der Waals surface area contributed by atoms with E-state index in [1.165, 1.54) is 25.7 Å². The number of hydrogen-bond acceptors (Lipinski definition) is 2. The van der Waals surface area contributed by atoms with Crippen molar-refractivity contribution < 1.29 is 4.43 Å². The smallest absolute Gasteiger partial charge is 0.258 e. The van der Waals surface area contributed by atoms with Gasteiger partial charge in [0.25, 0.3) is 11.4 Å². The lowest BCUT2D eigenvalue weighted by molar-refractivity contribution is -0.515. The van der Waals surface area contributed by atoms with Gasteiger partial charge in [-0.1, -0.05) is 52.4 Å². The van der Waals surface area contributed by atoms with E-state index in [2.05, 4.69) is 13.8 Å². The molecule has 1 heterocycles. The molecule has 0 saturated heterocycles. The van der Waals surface area contributed by atoms with E-state index >= 15 is 0 Å². The Bertz CT molecular complexity index is 521. The average Bonchev–Trinajstić information content (AvgIpc) is 2.51. The summed E-state index contributed by atoms with van der Waals surface area (Å²) < 4.78 is 2.01. The van der Waals surface area contributed by atoms with Gasteiger partial charge in [0.15, 0.2) is 0 Å². The molecular weight excluding hydrogens is 276 g/mol. The van der Waals surface area contributed by atoms with Crippen molar-refractivity contribution in [3.63, 3.8) is 0 Å². The standard InChI is InChI=1S/C18H32N2O2/c1-5-7-9-11-13-17-15(3)20(22)18(16(4)19(17)21)14-12-10-8-6-2/h5-14H2,1-4H3. The number of unbranched alkanes of at least 4 members (excludes halogenated alkanes) is 6. The zero-order valence-electron chi connectivity index (χ0n) is 14.8. The Morgan fingerprint density at radius 2 is 1.45 bits per heavy atom. The molecule has 0 aliphatic carbocycles. The van der Waals surface area contributed by atoms with Gasteiger partial charge in [-0.05, 0) is 26.2 Å². The molecule has 0 spiro atoms. The fraction of sp³-hybridized carbons (Fsp3) is 0.778. The molecule has 0 fully saturated rings. The zero-order valence-corrected chi connectivity index (χ0v) is 14.8. The number of rotatable bonds is 10. The van der Waals surface area contributed by atoms with Crippen LogP contribution in [-0.4, -0.2) is 4.73 Å². The summed E-state index contributed by atoms with van der Waals surface area (Å²) in [6.45, 7) is 7.90. The van der Waals surface area contributed by atoms with Crippen molar-refractivity contribution in [3.05, 3.63) is 32.9 Å². The molecule has 0 radical (unpaired) electrons. The predicted octanol–water partition coefficient (Wildman–Crippen LogP) is 4.61. The Hall–Kier alpha value is -1.32. The highest BCUT2D eigenvalue weighted by molar-refractivity contribution is 5.17. The maximum atomic E-state index is 12.5. The van der Waals surface area contributed by atoms with Crippen LogP contribution in [0.4, 0.5) is 0 Å². The van der Waals surface area contributed by atoms with Crippen LogP contribution in [0.5, 0.6) is 0 Å². The molecule has 0 aliphatic rings. The van der Waals surface area contributed by atoms with Gasteiger partial charge in [-0.15, -0.1) is 0 Å². The topological polar surface area (TPSA) is 51.0 Å². The summed E-state index contributed by atoms with van der Waals surface area (Å²) in [5.74, 6) is 0. The summed E-state index contributed by atoms with van der Waals surface area (Å²) >= 11 is 0. The summed E-state index contributed by atoms with van der Waals surface area (Å²) in [6.07, 6.45) is 10.3. The molecule has 0 amide bonds. The second-order valence-corrected chi connectivity index (χ2v) is 6.27. The Labute approximate surface area is 134 Å². The second-order valence-electron chi connectivity index (χ2n) is 6.27. The van der Waals surface area contributed by atoms with Gasteiger partial charge in [-0.2, -0.15) is 0 Å². The average molecular weight is 308 g/mol. The van der Waals surface area contributed by atoms with Crippen molar-refractivity contribution in [1.82, 2.24) is 4.73 Å². The first-order valence-corrected chi connectivity index (χ1v) is 8.88. The highest BCUT2D eigenvalue weighted by atomic mass is 16.5. The lowest BCUT2D eigenvalue weighted by Gasteiger charge is -2.20. The van der Waals surface area contributed by atoms with Gasteiger partial charge in [0.05, 0.1) is 15.8 Å². The largest absolute Gasteiger partial charge is 0.805 e. The minimum Gasteiger partial charge on any atom is -0.805 e. The highest BCUT2D eigenvalue weighted by Gasteiger charge is 2.21. The van der Waals surface area contributed by atoms with E-state index in [1.54, 1.807) is 13.8 Å². The summed E-state index contributed by atoms with van der Waals surface area (Å²) in [5, 5.41) is 12.5. The molecule has 0 bridgehead atoms. The fourth-order valence-corrected chi connectivity index (χ4v) is 2.94. The molecule has 22 heavy (non-hydrogen) atoms. The minimum atomic E-state index is 0.586. The number of aromatic nitrogens is 2. The number of hydrogen-bond donors (Lipinski definition) is 0. The van der Waals surface area contributed by atoms with Crippen LogP contribution in [0.1, 0.15) is 88.0 Å². The van der Waals surface area contributed by atoms with Crippen molar-refractivity contribution >= 4 is 0 Å². The van der Waals surface area contributed by atoms with Crippen molar-refractivity contribution in [2.24, 2.45) is 0 Å². The van der Waals surface area contributed by atoms with Crippen LogP contribution < -0.4 is 4.43 Å². The Morgan fingerprint density at radius 3 is 2.00 bits per heavy atom. The first kappa shape index (κ1) is 18.7. The Morgan fingerprint density at radius 1 is 0.909 bits per heavy atom. The van der Waals surface area contributed by atoms with Crippen LogP contribution in [-0.2, 0) is 12.8 Å². The van der Waals surface area contributed by atoms with Crippen molar-refractivity contribution in [1.29, 1.82) is 0 Å². The normalized spacial score (nSPS) is 11.1. The second kappa shape index (κ2) is 9.65. The lowest BCUT2D eigenvalue weighted by atomic mass is 10.1. The fourth-order valence-electron chi connectivity index (χ4n) is 2.94. The van der Waals surface area contributed by atoms with E-state index < -0.39 is 0 Å². The quantitative estimate of drug-likeness (QED) is 0.468. The van der Waals surface area contributed by atoms with Gasteiger partial charge in [0.2, 0.25) is 0 Å².